The van der Waals surface area contributed by atoms with E-state index in [-0.39, 0.29) is 5.97 Å². The van der Waals surface area contributed by atoms with E-state index < -0.39 is 0 Å². The summed E-state index contributed by atoms with van der Waals surface area (Å²) < 4.78 is 10.8. The molecule has 1 heterocycles. The predicted octanol–water partition coefficient (Wildman–Crippen LogP) is 5.92. The molecule has 2 aromatic rings. The van der Waals surface area contributed by atoms with E-state index in [1.807, 2.05) is 53.9 Å². The fourth-order valence-electron chi connectivity index (χ4n) is 2.20. The minimum Gasteiger partial charge on any atom is -0.466 e. The quantitative estimate of drug-likeness (QED) is 0.619. The molecule has 0 atom stereocenters. The lowest BCUT2D eigenvalue weighted by Crippen LogP contribution is -1.99. The summed E-state index contributed by atoms with van der Waals surface area (Å²) in [4.78, 5) is 9.82. The molecular weight excluding hydrogens is 352 g/mol. The number of rotatable bonds is 4. The summed E-state index contributed by atoms with van der Waals surface area (Å²) >= 11 is 4.10. The summed E-state index contributed by atoms with van der Waals surface area (Å²) in [6.07, 6.45) is 1.33. The highest BCUT2D eigenvalue weighted by Gasteiger charge is 2.16. The smallest absolute Gasteiger partial charge is 0.302 e. The predicted molar refractivity (Wildman–Crippen MR) is 108 cm³/mol. The average molecular weight is 377 g/mol. The van der Waals surface area contributed by atoms with E-state index in [0.717, 1.165) is 11.5 Å². The van der Waals surface area contributed by atoms with Crippen LogP contribution >= 0.6 is 23.5 Å². The van der Waals surface area contributed by atoms with Crippen LogP contribution in [0.2, 0.25) is 0 Å². The largest absolute Gasteiger partial charge is 0.466 e. The monoisotopic (exact) mass is 376 g/mol. The Labute approximate surface area is 158 Å². The van der Waals surface area contributed by atoms with Gasteiger partial charge in [0, 0.05) is 6.92 Å². The minimum absolute atomic E-state index is 0.211. The highest BCUT2D eigenvalue weighted by atomic mass is 32.2. The van der Waals surface area contributed by atoms with Crippen molar-refractivity contribution in [3.05, 3.63) is 60.2 Å². The molecule has 25 heavy (non-hydrogen) atoms. The lowest BCUT2D eigenvalue weighted by molar-refractivity contribution is -0.140. The zero-order valence-corrected chi connectivity index (χ0v) is 16.3. The van der Waals surface area contributed by atoms with Crippen LogP contribution in [0.5, 0.6) is 11.5 Å². The number of carbonyl (C=O) groups is 1. The van der Waals surface area contributed by atoms with Gasteiger partial charge in [0.1, 0.15) is 11.5 Å². The van der Waals surface area contributed by atoms with E-state index in [9.17, 15) is 4.79 Å². The van der Waals surface area contributed by atoms with Crippen LogP contribution in [0.15, 0.2) is 54.6 Å². The van der Waals surface area contributed by atoms with Crippen LogP contribution in [-0.4, -0.2) is 24.1 Å². The molecule has 5 heteroatoms. The molecule has 0 radical (unpaired) electrons. The highest BCUT2D eigenvalue weighted by molar-refractivity contribution is 8.16. The number of hydrogen-bond acceptors (Lipinski definition) is 5. The SMILES string of the molecule is CCOC(C)=O.c1ccc(Oc2ccc(C3SCCCS3)cc2)cc1. The highest BCUT2D eigenvalue weighted by Crippen LogP contribution is 2.43. The van der Waals surface area contributed by atoms with Crippen molar-refractivity contribution in [2.45, 2.75) is 24.9 Å². The van der Waals surface area contributed by atoms with Gasteiger partial charge >= 0.3 is 5.97 Å². The third kappa shape index (κ3) is 7.45. The minimum atomic E-state index is -0.211. The van der Waals surface area contributed by atoms with Gasteiger partial charge in [-0.15, -0.1) is 23.5 Å². The summed E-state index contributed by atoms with van der Waals surface area (Å²) in [6, 6.07) is 18.4. The van der Waals surface area contributed by atoms with Gasteiger partial charge in [0.2, 0.25) is 0 Å². The molecule has 1 aliphatic heterocycles. The Morgan fingerprint density at radius 1 is 1.00 bits per heavy atom. The lowest BCUT2D eigenvalue weighted by Gasteiger charge is -2.21. The molecular formula is C20H24O3S2. The maximum Gasteiger partial charge on any atom is 0.302 e. The third-order valence-electron chi connectivity index (χ3n) is 3.31. The molecule has 0 bridgehead atoms. The van der Waals surface area contributed by atoms with Crippen LogP contribution < -0.4 is 4.74 Å². The van der Waals surface area contributed by atoms with Crippen molar-refractivity contribution in [1.82, 2.24) is 0 Å². The first-order valence-corrected chi connectivity index (χ1v) is 10.5. The first kappa shape index (κ1) is 19.7. The molecule has 3 rings (SSSR count). The van der Waals surface area contributed by atoms with Crippen LogP contribution in [0.25, 0.3) is 0 Å². The molecule has 1 saturated heterocycles. The molecule has 134 valence electrons. The number of carbonyl (C=O) groups excluding carboxylic acids is 1. The van der Waals surface area contributed by atoms with Gasteiger partial charge in [-0.05, 0) is 54.7 Å². The van der Waals surface area contributed by atoms with Gasteiger partial charge in [-0.2, -0.15) is 0 Å². The second-order valence-corrected chi connectivity index (χ2v) is 8.06. The van der Waals surface area contributed by atoms with Crippen molar-refractivity contribution in [3.63, 3.8) is 0 Å². The van der Waals surface area contributed by atoms with E-state index in [0.29, 0.717) is 11.2 Å². The Bertz CT molecular complexity index is 623. The zero-order valence-electron chi connectivity index (χ0n) is 14.6. The lowest BCUT2D eigenvalue weighted by atomic mass is 10.2. The molecule has 2 aromatic carbocycles. The molecule has 0 N–H and O–H groups in total. The molecule has 0 unspecified atom stereocenters. The number of benzene rings is 2. The number of para-hydroxylation sites is 1. The number of hydrogen-bond donors (Lipinski definition) is 0. The number of ether oxygens (including phenoxy) is 2. The summed E-state index contributed by atoms with van der Waals surface area (Å²) in [5.74, 6) is 4.13. The van der Waals surface area contributed by atoms with Crippen molar-refractivity contribution in [2.75, 3.05) is 18.1 Å². The molecule has 3 nitrogen and oxygen atoms in total. The Hall–Kier alpha value is -1.59. The van der Waals surface area contributed by atoms with Gasteiger partial charge in [-0.1, -0.05) is 30.3 Å². The molecule has 0 aromatic heterocycles. The van der Waals surface area contributed by atoms with Crippen molar-refractivity contribution in [3.8, 4) is 11.5 Å². The fraction of sp³-hybridized carbons (Fsp3) is 0.350. The van der Waals surface area contributed by atoms with Crippen molar-refractivity contribution in [1.29, 1.82) is 0 Å². The standard InChI is InChI=1S/C16H16OS2.C4H8O2/c1-2-5-14(6-3-1)17-15-9-7-13(8-10-15)16-18-11-4-12-19-16;1-3-6-4(2)5/h1-3,5-10,16H,4,11-12H2;3H2,1-2H3. The zero-order chi connectivity index (χ0) is 17.9. The Morgan fingerprint density at radius 3 is 2.12 bits per heavy atom. The maximum atomic E-state index is 9.82. The molecule has 0 spiro atoms. The van der Waals surface area contributed by atoms with Gasteiger partial charge in [0.15, 0.2) is 0 Å². The molecule has 0 amide bonds. The van der Waals surface area contributed by atoms with Crippen LogP contribution in [-0.2, 0) is 9.53 Å². The van der Waals surface area contributed by atoms with Gasteiger partial charge in [-0.3, -0.25) is 4.79 Å². The second-order valence-electron chi connectivity index (χ2n) is 5.34. The van der Waals surface area contributed by atoms with E-state index >= 15 is 0 Å². The van der Waals surface area contributed by atoms with Gasteiger partial charge in [-0.25, -0.2) is 0 Å². The fourth-order valence-corrected chi connectivity index (χ4v) is 5.10. The maximum absolute atomic E-state index is 9.82. The van der Waals surface area contributed by atoms with Gasteiger partial charge in [0.25, 0.3) is 0 Å². The Balaban J connectivity index is 0.000000326. The number of esters is 1. The van der Waals surface area contributed by atoms with E-state index in [2.05, 4.69) is 29.0 Å². The van der Waals surface area contributed by atoms with Crippen LogP contribution in [0, 0.1) is 0 Å². The van der Waals surface area contributed by atoms with E-state index in [1.165, 1.54) is 30.4 Å². The van der Waals surface area contributed by atoms with Gasteiger partial charge in [0.05, 0.1) is 11.2 Å². The first-order chi connectivity index (χ1) is 12.2. The summed E-state index contributed by atoms with van der Waals surface area (Å²) in [5.41, 5.74) is 1.40. The van der Waals surface area contributed by atoms with E-state index in [4.69, 9.17) is 4.74 Å². The summed E-state index contributed by atoms with van der Waals surface area (Å²) in [5, 5.41) is 0. The second kappa shape index (κ2) is 11.1. The third-order valence-corrected chi connectivity index (χ3v) is 6.32. The van der Waals surface area contributed by atoms with Crippen molar-refractivity contribution >= 4 is 29.5 Å². The molecule has 1 aliphatic rings. The van der Waals surface area contributed by atoms with Crippen LogP contribution in [0.4, 0.5) is 0 Å². The Morgan fingerprint density at radius 2 is 1.60 bits per heavy atom. The Kier molecular flexibility index (Phi) is 8.77. The summed E-state index contributed by atoms with van der Waals surface area (Å²) in [6.45, 7) is 3.65. The number of thioether (sulfide) groups is 2. The average Bonchev–Trinajstić information content (AvgIpc) is 2.64. The topological polar surface area (TPSA) is 35.5 Å². The molecule has 1 fully saturated rings. The molecule has 0 saturated carbocycles. The van der Waals surface area contributed by atoms with Crippen LogP contribution in [0.1, 0.15) is 30.4 Å². The first-order valence-electron chi connectivity index (χ1n) is 8.38. The van der Waals surface area contributed by atoms with Gasteiger partial charge < -0.3 is 9.47 Å². The van der Waals surface area contributed by atoms with Crippen molar-refractivity contribution in [2.24, 2.45) is 0 Å². The van der Waals surface area contributed by atoms with E-state index in [1.54, 1.807) is 6.92 Å². The van der Waals surface area contributed by atoms with Crippen LogP contribution in [0.3, 0.4) is 0 Å². The molecule has 0 aliphatic carbocycles. The summed E-state index contributed by atoms with van der Waals surface area (Å²) in [7, 11) is 0. The normalized spacial score (nSPS) is 14.2. The van der Waals surface area contributed by atoms with Crippen molar-refractivity contribution < 1.29 is 14.3 Å².